The molecule has 0 saturated carbocycles. The number of primary amides is 1. The van der Waals surface area contributed by atoms with E-state index in [0.29, 0.717) is 6.07 Å². The highest BCUT2D eigenvalue weighted by atomic mass is 19.2. The van der Waals surface area contributed by atoms with E-state index in [4.69, 9.17) is 11.5 Å². The van der Waals surface area contributed by atoms with Gasteiger partial charge in [-0.25, -0.2) is 13.2 Å². The Hall–Kier alpha value is -1.56. The van der Waals surface area contributed by atoms with Crippen LogP contribution in [-0.2, 0) is 4.79 Å². The maximum Gasteiger partial charge on any atom is 0.219 e. The lowest BCUT2D eigenvalue weighted by molar-refractivity contribution is -0.118. The SMILES string of the molecule is NC(=O)CC(N)c1cc(F)cc(F)c1F. The van der Waals surface area contributed by atoms with Crippen molar-refractivity contribution < 1.29 is 18.0 Å². The van der Waals surface area contributed by atoms with E-state index in [1.54, 1.807) is 0 Å². The summed E-state index contributed by atoms with van der Waals surface area (Å²) < 4.78 is 38.6. The Morgan fingerprint density at radius 1 is 1.33 bits per heavy atom. The number of carbonyl (C=O) groups is 1. The third-order valence-electron chi connectivity index (χ3n) is 1.84. The number of carbonyl (C=O) groups excluding carboxylic acids is 1. The molecule has 0 spiro atoms. The molecule has 0 fully saturated rings. The molecule has 0 aliphatic carbocycles. The van der Waals surface area contributed by atoms with Crippen molar-refractivity contribution in [3.63, 3.8) is 0 Å². The minimum atomic E-state index is -1.34. The van der Waals surface area contributed by atoms with Gasteiger partial charge in [-0.05, 0) is 6.07 Å². The molecule has 1 aromatic rings. The minimum Gasteiger partial charge on any atom is -0.370 e. The van der Waals surface area contributed by atoms with Gasteiger partial charge in [0, 0.05) is 24.1 Å². The lowest BCUT2D eigenvalue weighted by atomic mass is 10.0. The minimum absolute atomic E-state index is 0.375. The van der Waals surface area contributed by atoms with E-state index in [0.717, 1.165) is 6.07 Å². The van der Waals surface area contributed by atoms with Gasteiger partial charge < -0.3 is 11.5 Å². The summed E-state index contributed by atoms with van der Waals surface area (Å²) in [6, 6.07) is -0.00493. The van der Waals surface area contributed by atoms with E-state index in [1.165, 1.54) is 0 Å². The summed E-state index contributed by atoms with van der Waals surface area (Å²) in [5.41, 5.74) is 9.79. The maximum atomic E-state index is 13.1. The molecule has 0 aliphatic rings. The molecule has 15 heavy (non-hydrogen) atoms. The molecule has 0 aromatic heterocycles. The van der Waals surface area contributed by atoms with Gasteiger partial charge in [0.1, 0.15) is 5.82 Å². The van der Waals surface area contributed by atoms with E-state index in [2.05, 4.69) is 0 Å². The lowest BCUT2D eigenvalue weighted by Crippen LogP contribution is -2.22. The topological polar surface area (TPSA) is 69.1 Å². The molecular weight excluding hydrogens is 209 g/mol. The summed E-state index contributed by atoms with van der Waals surface area (Å²) in [6.45, 7) is 0. The van der Waals surface area contributed by atoms with E-state index in [1.807, 2.05) is 0 Å². The van der Waals surface area contributed by atoms with Gasteiger partial charge in [-0.2, -0.15) is 0 Å². The smallest absolute Gasteiger partial charge is 0.219 e. The standard InChI is InChI=1S/C9H9F3N2O/c10-4-1-5(7(13)3-8(14)15)9(12)6(11)2-4/h1-2,7H,3,13H2,(H2,14,15). The van der Waals surface area contributed by atoms with Gasteiger partial charge >= 0.3 is 0 Å². The van der Waals surface area contributed by atoms with Gasteiger partial charge in [-0.15, -0.1) is 0 Å². The van der Waals surface area contributed by atoms with Gasteiger partial charge in [0.2, 0.25) is 5.91 Å². The molecule has 0 bridgehead atoms. The second kappa shape index (κ2) is 4.31. The van der Waals surface area contributed by atoms with Crippen LogP contribution in [0.3, 0.4) is 0 Å². The average Bonchev–Trinajstić information content (AvgIpc) is 2.09. The average molecular weight is 218 g/mol. The fourth-order valence-corrected chi connectivity index (χ4v) is 1.17. The van der Waals surface area contributed by atoms with Gasteiger partial charge in [-0.1, -0.05) is 0 Å². The largest absolute Gasteiger partial charge is 0.370 e. The monoisotopic (exact) mass is 218 g/mol. The quantitative estimate of drug-likeness (QED) is 0.742. The molecule has 0 radical (unpaired) electrons. The van der Waals surface area contributed by atoms with E-state index in [-0.39, 0.29) is 6.42 Å². The third-order valence-corrected chi connectivity index (χ3v) is 1.84. The van der Waals surface area contributed by atoms with E-state index in [9.17, 15) is 18.0 Å². The highest BCUT2D eigenvalue weighted by Crippen LogP contribution is 2.21. The Labute approximate surface area is 83.9 Å². The molecule has 1 atom stereocenters. The number of amides is 1. The number of nitrogens with two attached hydrogens (primary N) is 2. The first-order valence-corrected chi connectivity index (χ1v) is 4.10. The second-order valence-electron chi connectivity index (χ2n) is 3.07. The van der Waals surface area contributed by atoms with Crippen LogP contribution >= 0.6 is 0 Å². The Bertz CT molecular complexity index is 395. The van der Waals surface area contributed by atoms with Crippen LogP contribution in [0.15, 0.2) is 12.1 Å². The summed E-state index contributed by atoms with van der Waals surface area (Å²) >= 11 is 0. The van der Waals surface area contributed by atoms with Gasteiger partial charge in [0.15, 0.2) is 11.6 Å². The van der Waals surface area contributed by atoms with Crippen molar-refractivity contribution in [3.05, 3.63) is 35.1 Å². The van der Waals surface area contributed by atoms with E-state index < -0.39 is 35.0 Å². The van der Waals surface area contributed by atoms with Crippen molar-refractivity contribution >= 4 is 5.91 Å². The Balaban J connectivity index is 3.07. The number of rotatable bonds is 3. The van der Waals surface area contributed by atoms with Crippen LogP contribution in [0, 0.1) is 17.5 Å². The van der Waals surface area contributed by atoms with Gasteiger partial charge in [-0.3, -0.25) is 4.79 Å². The second-order valence-corrected chi connectivity index (χ2v) is 3.07. The highest BCUT2D eigenvalue weighted by molar-refractivity contribution is 5.74. The van der Waals surface area contributed by atoms with Gasteiger partial charge in [0.05, 0.1) is 0 Å². The number of hydrogen-bond acceptors (Lipinski definition) is 2. The molecule has 1 amide bonds. The molecule has 4 N–H and O–H groups in total. The molecule has 0 heterocycles. The van der Waals surface area contributed by atoms with Gasteiger partial charge in [0.25, 0.3) is 0 Å². The van der Waals surface area contributed by atoms with Crippen LogP contribution in [0.4, 0.5) is 13.2 Å². The molecule has 3 nitrogen and oxygen atoms in total. The van der Waals surface area contributed by atoms with Crippen molar-refractivity contribution in [2.24, 2.45) is 11.5 Å². The molecule has 6 heteroatoms. The first-order chi connectivity index (χ1) is 6.91. The molecule has 0 saturated heterocycles. The molecule has 1 rings (SSSR count). The van der Waals surface area contributed by atoms with Crippen molar-refractivity contribution in [3.8, 4) is 0 Å². The first-order valence-electron chi connectivity index (χ1n) is 4.10. The van der Waals surface area contributed by atoms with Crippen LogP contribution in [0.1, 0.15) is 18.0 Å². The summed E-state index contributed by atoms with van der Waals surface area (Å²) in [5.74, 6) is -4.33. The lowest BCUT2D eigenvalue weighted by Gasteiger charge is -2.11. The Morgan fingerprint density at radius 3 is 2.47 bits per heavy atom. The predicted octanol–water partition coefficient (Wildman–Crippen LogP) is 0.979. The zero-order valence-electron chi connectivity index (χ0n) is 7.64. The number of halogens is 3. The number of benzene rings is 1. The number of hydrogen-bond donors (Lipinski definition) is 2. The molecule has 1 aromatic carbocycles. The summed E-state index contributed by atoms with van der Waals surface area (Å²) in [4.78, 5) is 10.5. The van der Waals surface area contributed by atoms with Crippen LogP contribution in [0.2, 0.25) is 0 Å². The molecule has 1 unspecified atom stereocenters. The highest BCUT2D eigenvalue weighted by Gasteiger charge is 2.18. The van der Waals surface area contributed by atoms with Crippen molar-refractivity contribution in [2.75, 3.05) is 0 Å². The summed E-state index contributed by atoms with van der Waals surface area (Å²) in [6.07, 6.45) is -0.375. The fraction of sp³-hybridized carbons (Fsp3) is 0.222. The van der Waals surface area contributed by atoms with Crippen molar-refractivity contribution in [1.29, 1.82) is 0 Å². The molecule has 82 valence electrons. The van der Waals surface area contributed by atoms with Crippen LogP contribution in [0.25, 0.3) is 0 Å². The Kier molecular flexibility index (Phi) is 3.31. The third kappa shape index (κ3) is 2.69. The van der Waals surface area contributed by atoms with E-state index >= 15 is 0 Å². The predicted molar refractivity (Wildman–Crippen MR) is 47.1 cm³/mol. The Morgan fingerprint density at radius 2 is 1.93 bits per heavy atom. The fourth-order valence-electron chi connectivity index (χ4n) is 1.17. The zero-order valence-corrected chi connectivity index (χ0v) is 7.64. The summed E-state index contributed by atoms with van der Waals surface area (Å²) in [5, 5.41) is 0. The van der Waals surface area contributed by atoms with Crippen molar-refractivity contribution in [1.82, 2.24) is 0 Å². The molecular formula is C9H9F3N2O. The van der Waals surface area contributed by atoms with Crippen LogP contribution in [-0.4, -0.2) is 5.91 Å². The molecule has 0 aliphatic heterocycles. The maximum absolute atomic E-state index is 13.1. The normalized spacial score (nSPS) is 12.5. The summed E-state index contributed by atoms with van der Waals surface area (Å²) in [7, 11) is 0. The van der Waals surface area contributed by atoms with Crippen LogP contribution < -0.4 is 11.5 Å². The zero-order chi connectivity index (χ0) is 11.6. The van der Waals surface area contributed by atoms with Crippen LogP contribution in [0.5, 0.6) is 0 Å². The first kappa shape index (κ1) is 11.5. The van der Waals surface area contributed by atoms with Crippen molar-refractivity contribution in [2.45, 2.75) is 12.5 Å².